The lowest BCUT2D eigenvalue weighted by Gasteiger charge is -2.30. The first kappa shape index (κ1) is 17.2. The number of nitrogens with zero attached hydrogens (tertiary/aromatic N) is 2. The molecule has 0 aliphatic carbocycles. The average molecular weight is 294 g/mol. The quantitative estimate of drug-likeness (QED) is 0.749. The number of carbonyl (C=O) groups is 1. The average Bonchev–Trinajstić information content (AvgIpc) is 2.43. The molecule has 118 valence electrons. The molecule has 0 spiro atoms. The summed E-state index contributed by atoms with van der Waals surface area (Å²) in [4.78, 5) is 18.1. The molecular weight excluding hydrogens is 268 g/mol. The molecule has 1 rings (SSSR count). The Labute approximate surface area is 126 Å². The molecule has 0 unspecified atom stereocenters. The highest BCUT2D eigenvalue weighted by Crippen LogP contribution is 2.20. The standard InChI is InChI=1S/C15H26N4O2/c1-10(2)19(11(3)4)9-8-18-14-13(16)12(6-7-17-14)15(20)21-5/h6-7,10-11H,8-9,16H2,1-5H3,(H,17,18). The molecule has 0 aliphatic rings. The van der Waals surface area contributed by atoms with Crippen molar-refractivity contribution < 1.29 is 9.53 Å². The summed E-state index contributed by atoms with van der Waals surface area (Å²) < 4.78 is 4.69. The van der Waals surface area contributed by atoms with Gasteiger partial charge in [0.05, 0.1) is 18.4 Å². The summed E-state index contributed by atoms with van der Waals surface area (Å²) in [5.74, 6) is 0.0642. The van der Waals surface area contributed by atoms with E-state index in [9.17, 15) is 4.79 Å². The lowest BCUT2D eigenvalue weighted by atomic mass is 10.2. The monoisotopic (exact) mass is 294 g/mol. The molecule has 0 fully saturated rings. The Hall–Kier alpha value is -1.82. The van der Waals surface area contributed by atoms with Crippen molar-refractivity contribution >= 4 is 17.5 Å². The number of aromatic nitrogens is 1. The van der Waals surface area contributed by atoms with Crippen LogP contribution in [0.4, 0.5) is 11.5 Å². The zero-order valence-electron chi connectivity index (χ0n) is 13.5. The maximum Gasteiger partial charge on any atom is 0.340 e. The summed E-state index contributed by atoms with van der Waals surface area (Å²) in [5.41, 5.74) is 6.61. The number of hydrogen-bond donors (Lipinski definition) is 2. The van der Waals surface area contributed by atoms with Gasteiger partial charge in [0.1, 0.15) is 5.82 Å². The van der Waals surface area contributed by atoms with Gasteiger partial charge in [-0.3, -0.25) is 4.90 Å². The van der Waals surface area contributed by atoms with Gasteiger partial charge in [0.2, 0.25) is 0 Å². The molecule has 6 nitrogen and oxygen atoms in total. The number of rotatable bonds is 7. The van der Waals surface area contributed by atoms with E-state index in [4.69, 9.17) is 10.5 Å². The van der Waals surface area contributed by atoms with Gasteiger partial charge in [-0.2, -0.15) is 0 Å². The second kappa shape index (κ2) is 7.83. The Balaban J connectivity index is 2.70. The Morgan fingerprint density at radius 1 is 1.38 bits per heavy atom. The first-order chi connectivity index (χ1) is 9.88. The second-order valence-electron chi connectivity index (χ2n) is 5.46. The van der Waals surface area contributed by atoms with E-state index < -0.39 is 5.97 Å². The molecule has 0 radical (unpaired) electrons. The van der Waals surface area contributed by atoms with E-state index in [-0.39, 0.29) is 0 Å². The molecule has 3 N–H and O–H groups in total. The third kappa shape index (κ3) is 4.60. The zero-order valence-corrected chi connectivity index (χ0v) is 13.5. The summed E-state index contributed by atoms with van der Waals surface area (Å²) in [7, 11) is 1.33. The lowest BCUT2D eigenvalue weighted by molar-refractivity contribution is 0.0602. The first-order valence-electron chi connectivity index (χ1n) is 7.20. The Morgan fingerprint density at radius 2 is 2.00 bits per heavy atom. The fourth-order valence-electron chi connectivity index (χ4n) is 2.32. The number of nitrogens with one attached hydrogen (secondary N) is 1. The highest BCUT2D eigenvalue weighted by Gasteiger charge is 2.15. The molecule has 0 aliphatic heterocycles. The van der Waals surface area contributed by atoms with Crippen molar-refractivity contribution in [3.63, 3.8) is 0 Å². The van der Waals surface area contributed by atoms with Gasteiger partial charge in [-0.25, -0.2) is 9.78 Å². The van der Waals surface area contributed by atoms with Crippen LogP contribution >= 0.6 is 0 Å². The van der Waals surface area contributed by atoms with E-state index in [1.807, 2.05) is 0 Å². The zero-order chi connectivity index (χ0) is 16.0. The number of hydrogen-bond acceptors (Lipinski definition) is 6. The van der Waals surface area contributed by atoms with Gasteiger partial charge in [-0.1, -0.05) is 0 Å². The van der Waals surface area contributed by atoms with E-state index in [1.165, 1.54) is 7.11 Å². The van der Waals surface area contributed by atoms with Crippen LogP contribution in [-0.4, -0.2) is 48.1 Å². The SMILES string of the molecule is COC(=O)c1ccnc(NCCN(C(C)C)C(C)C)c1N. The molecular formula is C15H26N4O2. The van der Waals surface area contributed by atoms with E-state index in [2.05, 4.69) is 42.9 Å². The van der Waals surface area contributed by atoms with Crippen molar-refractivity contribution in [1.82, 2.24) is 9.88 Å². The van der Waals surface area contributed by atoms with Gasteiger partial charge in [0.15, 0.2) is 0 Å². The van der Waals surface area contributed by atoms with Crippen molar-refractivity contribution in [3.8, 4) is 0 Å². The molecule has 21 heavy (non-hydrogen) atoms. The van der Waals surface area contributed by atoms with E-state index >= 15 is 0 Å². The maximum absolute atomic E-state index is 11.6. The molecule has 0 atom stereocenters. The van der Waals surface area contributed by atoms with Gasteiger partial charge < -0.3 is 15.8 Å². The summed E-state index contributed by atoms with van der Waals surface area (Å²) >= 11 is 0. The molecule has 0 bridgehead atoms. The summed E-state index contributed by atoms with van der Waals surface area (Å²) in [6, 6.07) is 2.50. The molecule has 0 amide bonds. The first-order valence-corrected chi connectivity index (χ1v) is 7.20. The van der Waals surface area contributed by atoms with Crippen molar-refractivity contribution in [2.24, 2.45) is 0 Å². The summed E-state index contributed by atoms with van der Waals surface area (Å²) in [6.45, 7) is 10.3. The molecule has 1 heterocycles. The fraction of sp³-hybridized carbons (Fsp3) is 0.600. The molecule has 0 saturated heterocycles. The largest absolute Gasteiger partial charge is 0.465 e. The van der Waals surface area contributed by atoms with E-state index in [1.54, 1.807) is 12.3 Å². The highest BCUT2D eigenvalue weighted by molar-refractivity contribution is 5.97. The third-order valence-electron chi connectivity index (χ3n) is 3.38. The molecule has 1 aromatic heterocycles. The number of methoxy groups -OCH3 is 1. The van der Waals surface area contributed by atoms with Crippen LogP contribution in [0, 0.1) is 0 Å². The number of anilines is 2. The van der Waals surface area contributed by atoms with Gasteiger partial charge in [-0.05, 0) is 33.8 Å². The number of nitrogen functional groups attached to an aromatic ring is 1. The van der Waals surface area contributed by atoms with Crippen LogP contribution in [-0.2, 0) is 4.74 Å². The predicted molar refractivity (Wildman–Crippen MR) is 85.5 cm³/mol. The maximum atomic E-state index is 11.6. The van der Waals surface area contributed by atoms with Crippen LogP contribution in [0.5, 0.6) is 0 Å². The van der Waals surface area contributed by atoms with E-state index in [0.717, 1.165) is 6.54 Å². The van der Waals surface area contributed by atoms with Crippen LogP contribution in [0.25, 0.3) is 0 Å². The third-order valence-corrected chi connectivity index (χ3v) is 3.38. The number of pyridine rings is 1. The predicted octanol–water partition coefficient (Wildman–Crippen LogP) is 1.98. The van der Waals surface area contributed by atoms with Crippen LogP contribution < -0.4 is 11.1 Å². The molecule has 0 saturated carbocycles. The molecule has 6 heteroatoms. The van der Waals surface area contributed by atoms with Crippen LogP contribution in [0.1, 0.15) is 38.1 Å². The van der Waals surface area contributed by atoms with Gasteiger partial charge >= 0.3 is 5.97 Å². The van der Waals surface area contributed by atoms with E-state index in [0.29, 0.717) is 35.7 Å². The van der Waals surface area contributed by atoms with Crippen molar-refractivity contribution in [3.05, 3.63) is 17.8 Å². The number of ether oxygens (including phenoxy) is 1. The van der Waals surface area contributed by atoms with Gasteiger partial charge in [-0.15, -0.1) is 0 Å². The van der Waals surface area contributed by atoms with Crippen molar-refractivity contribution in [2.45, 2.75) is 39.8 Å². The van der Waals surface area contributed by atoms with Crippen LogP contribution in [0.3, 0.4) is 0 Å². The summed E-state index contributed by atoms with van der Waals surface area (Å²) in [5, 5.41) is 3.19. The second-order valence-corrected chi connectivity index (χ2v) is 5.46. The van der Waals surface area contributed by atoms with Crippen LogP contribution in [0.2, 0.25) is 0 Å². The lowest BCUT2D eigenvalue weighted by Crippen LogP contribution is -2.40. The highest BCUT2D eigenvalue weighted by atomic mass is 16.5. The minimum atomic E-state index is -0.455. The minimum Gasteiger partial charge on any atom is -0.465 e. The van der Waals surface area contributed by atoms with Gasteiger partial charge in [0, 0.05) is 31.4 Å². The molecule has 0 aromatic carbocycles. The number of carbonyl (C=O) groups excluding carboxylic acids is 1. The van der Waals surface area contributed by atoms with Crippen molar-refractivity contribution in [1.29, 1.82) is 0 Å². The van der Waals surface area contributed by atoms with Crippen molar-refractivity contribution in [2.75, 3.05) is 31.2 Å². The van der Waals surface area contributed by atoms with Gasteiger partial charge in [0.25, 0.3) is 0 Å². The number of nitrogens with two attached hydrogens (primary N) is 1. The normalized spacial score (nSPS) is 11.2. The summed E-state index contributed by atoms with van der Waals surface area (Å²) in [6.07, 6.45) is 1.55. The minimum absolute atomic E-state index is 0.324. The van der Waals surface area contributed by atoms with Crippen LogP contribution in [0.15, 0.2) is 12.3 Å². The Morgan fingerprint density at radius 3 is 2.52 bits per heavy atom. The molecule has 1 aromatic rings. The Bertz CT molecular complexity index is 467. The fourth-order valence-corrected chi connectivity index (χ4v) is 2.32. The topological polar surface area (TPSA) is 80.5 Å². The number of esters is 1. The smallest absolute Gasteiger partial charge is 0.340 e. The Kier molecular flexibility index (Phi) is 6.42.